The number of allylic oxidation sites excluding steroid dienone is 10. The molecular weight excluding hydrogens is 846 g/mol. The summed E-state index contributed by atoms with van der Waals surface area (Å²) in [5.41, 5.74) is 5.37. The van der Waals surface area contributed by atoms with Gasteiger partial charge in [-0.2, -0.15) is 0 Å². The van der Waals surface area contributed by atoms with E-state index in [1.54, 1.807) is 0 Å². The normalized spacial score (nSPS) is 13.6. The fourth-order valence-electron chi connectivity index (χ4n) is 7.66. The highest BCUT2D eigenvalue weighted by molar-refractivity contribution is 7.47. The van der Waals surface area contributed by atoms with Gasteiger partial charge in [0.2, 0.25) is 0 Å². The molecule has 0 aromatic carbocycles. The number of phosphoric ester groups is 1. The number of carbonyl (C=O) groups excluding carboxylic acids is 2. The molecule has 0 heterocycles. The maximum Gasteiger partial charge on any atom is 0.472 e. The average molecular weight is 948 g/mol. The Morgan fingerprint density at radius 2 is 0.833 bits per heavy atom. The molecule has 9 nitrogen and oxygen atoms in total. The topological polar surface area (TPSA) is 134 Å². The van der Waals surface area contributed by atoms with Crippen LogP contribution in [0.4, 0.5) is 0 Å². The van der Waals surface area contributed by atoms with Gasteiger partial charge < -0.3 is 20.1 Å². The van der Waals surface area contributed by atoms with Crippen molar-refractivity contribution in [2.75, 3.05) is 26.4 Å². The smallest absolute Gasteiger partial charge is 0.462 e. The highest BCUT2D eigenvalue weighted by atomic mass is 31.2. The first-order chi connectivity index (χ1) is 32.3. The molecular formula is C56H102NO8P. The Bertz CT molecular complexity index is 1260. The minimum Gasteiger partial charge on any atom is -0.462 e. The Balaban J connectivity index is 3.96. The van der Waals surface area contributed by atoms with Crippen LogP contribution in [-0.2, 0) is 32.7 Å². The average Bonchev–Trinajstić information content (AvgIpc) is 3.31. The molecule has 10 heteroatoms. The lowest BCUT2D eigenvalue weighted by Gasteiger charge is -2.19. The van der Waals surface area contributed by atoms with Gasteiger partial charge in [-0.3, -0.25) is 18.6 Å². The number of hydrogen-bond donors (Lipinski definition) is 2. The molecule has 0 aliphatic heterocycles. The molecule has 0 aliphatic rings. The van der Waals surface area contributed by atoms with Crippen molar-refractivity contribution in [2.24, 2.45) is 5.73 Å². The number of nitrogens with two attached hydrogens (primary N) is 1. The molecule has 0 aromatic heterocycles. The molecule has 0 rings (SSSR count). The lowest BCUT2D eigenvalue weighted by atomic mass is 10.0. The van der Waals surface area contributed by atoms with Crippen molar-refractivity contribution >= 4 is 19.8 Å². The molecule has 0 saturated carbocycles. The quantitative estimate of drug-likeness (QED) is 0.0264. The van der Waals surface area contributed by atoms with E-state index in [-0.39, 0.29) is 38.6 Å². The van der Waals surface area contributed by atoms with Crippen molar-refractivity contribution in [2.45, 2.75) is 258 Å². The monoisotopic (exact) mass is 948 g/mol. The lowest BCUT2D eigenvalue weighted by molar-refractivity contribution is -0.161. The van der Waals surface area contributed by atoms with Crippen LogP contribution in [0, 0.1) is 0 Å². The number of unbranched alkanes of at least 4 members (excludes halogenated alkanes) is 28. The van der Waals surface area contributed by atoms with Gasteiger partial charge in [-0.15, -0.1) is 0 Å². The fraction of sp³-hybridized carbons (Fsp3) is 0.786. The zero-order chi connectivity index (χ0) is 48.1. The van der Waals surface area contributed by atoms with E-state index in [1.165, 1.54) is 148 Å². The largest absolute Gasteiger partial charge is 0.472 e. The molecule has 0 aromatic rings. The maximum absolute atomic E-state index is 12.7. The maximum atomic E-state index is 12.7. The minimum atomic E-state index is -4.38. The first-order valence-corrected chi connectivity index (χ1v) is 28.8. The van der Waals surface area contributed by atoms with Crippen molar-refractivity contribution in [1.82, 2.24) is 0 Å². The number of hydrogen-bond acceptors (Lipinski definition) is 8. The first-order valence-electron chi connectivity index (χ1n) is 27.3. The molecule has 0 radical (unpaired) electrons. The van der Waals surface area contributed by atoms with Gasteiger partial charge in [-0.1, -0.05) is 242 Å². The highest BCUT2D eigenvalue weighted by Gasteiger charge is 2.26. The summed E-state index contributed by atoms with van der Waals surface area (Å²) in [5.74, 6) is -0.820. The summed E-state index contributed by atoms with van der Waals surface area (Å²) in [5, 5.41) is 0. The standard InChI is InChI=1S/C56H102NO8P/c1-3-5-7-9-11-13-15-17-19-21-22-23-24-25-26-27-28-29-30-31-32-33-35-37-39-41-43-45-47-49-56(59)65-54(53-64-66(60,61)63-51-50-57)52-62-55(58)48-46-44-42-40-38-36-34-20-18-16-14-12-10-8-6-4-2/h5,7,11,13,17,19,22-23,25-26,54H,3-4,6,8-10,12,14-16,18,20-21,24,27-53,57H2,1-2H3,(H,60,61)/b7-5-,13-11-,19-17-,23-22-,26-25-. The first kappa shape index (κ1) is 63.7. The van der Waals surface area contributed by atoms with Crippen molar-refractivity contribution < 1.29 is 37.6 Å². The predicted octanol–water partition coefficient (Wildman–Crippen LogP) is 16.8. The number of phosphoric acid groups is 1. The van der Waals surface area contributed by atoms with Gasteiger partial charge in [-0.25, -0.2) is 4.57 Å². The molecule has 2 atom stereocenters. The molecule has 0 amide bonds. The molecule has 0 saturated heterocycles. The second-order valence-corrected chi connectivity index (χ2v) is 19.5. The summed E-state index contributed by atoms with van der Waals surface area (Å²) >= 11 is 0. The molecule has 66 heavy (non-hydrogen) atoms. The minimum absolute atomic E-state index is 0.0532. The summed E-state index contributed by atoms with van der Waals surface area (Å²) in [6.45, 7) is 3.65. The van der Waals surface area contributed by atoms with E-state index in [4.69, 9.17) is 24.3 Å². The van der Waals surface area contributed by atoms with E-state index in [0.29, 0.717) is 6.42 Å². The van der Waals surface area contributed by atoms with Crippen LogP contribution < -0.4 is 5.73 Å². The van der Waals surface area contributed by atoms with Crippen molar-refractivity contribution in [3.05, 3.63) is 60.8 Å². The zero-order valence-corrected chi connectivity index (χ0v) is 43.6. The second kappa shape index (κ2) is 52.1. The molecule has 2 unspecified atom stereocenters. The van der Waals surface area contributed by atoms with Crippen LogP contribution in [0.15, 0.2) is 60.8 Å². The Morgan fingerprint density at radius 3 is 1.24 bits per heavy atom. The Kier molecular flexibility index (Phi) is 50.3. The lowest BCUT2D eigenvalue weighted by Crippen LogP contribution is -2.29. The van der Waals surface area contributed by atoms with Crippen LogP contribution in [0.2, 0.25) is 0 Å². The zero-order valence-electron chi connectivity index (χ0n) is 42.7. The molecule has 384 valence electrons. The molecule has 0 bridgehead atoms. The van der Waals surface area contributed by atoms with E-state index in [9.17, 15) is 19.0 Å². The highest BCUT2D eigenvalue weighted by Crippen LogP contribution is 2.43. The van der Waals surface area contributed by atoms with Crippen LogP contribution in [0.25, 0.3) is 0 Å². The van der Waals surface area contributed by atoms with Gasteiger partial charge in [0.25, 0.3) is 0 Å². The molecule has 3 N–H and O–H groups in total. The Labute approximate surface area is 406 Å². The van der Waals surface area contributed by atoms with E-state index in [1.807, 2.05) is 0 Å². The van der Waals surface area contributed by atoms with Crippen molar-refractivity contribution in [3.8, 4) is 0 Å². The number of carbonyl (C=O) groups is 2. The van der Waals surface area contributed by atoms with Crippen molar-refractivity contribution in [3.63, 3.8) is 0 Å². The van der Waals surface area contributed by atoms with Gasteiger partial charge in [-0.05, 0) is 57.8 Å². The van der Waals surface area contributed by atoms with Crippen LogP contribution in [0.1, 0.15) is 251 Å². The van der Waals surface area contributed by atoms with Crippen LogP contribution >= 0.6 is 7.82 Å². The SMILES string of the molecule is CC/C=C\C/C=C\C/C=C\C/C=C\C/C=C\CCCCCCCCCCCCCCCC(=O)OC(COC(=O)CCCCCCCCCCCCCCCCCC)COP(=O)(O)OCCN. The summed E-state index contributed by atoms with van der Waals surface area (Å²) < 4.78 is 33.0. The van der Waals surface area contributed by atoms with E-state index < -0.39 is 26.5 Å². The van der Waals surface area contributed by atoms with E-state index in [2.05, 4.69) is 74.6 Å². The summed E-state index contributed by atoms with van der Waals surface area (Å²) in [4.78, 5) is 35.1. The van der Waals surface area contributed by atoms with Gasteiger partial charge in [0.1, 0.15) is 6.61 Å². The van der Waals surface area contributed by atoms with Gasteiger partial charge in [0.05, 0.1) is 13.2 Å². The summed E-state index contributed by atoms with van der Waals surface area (Å²) in [7, 11) is -4.38. The van der Waals surface area contributed by atoms with E-state index in [0.717, 1.165) is 70.6 Å². The third-order valence-corrected chi connectivity index (χ3v) is 12.7. The number of esters is 2. The van der Waals surface area contributed by atoms with Gasteiger partial charge >= 0.3 is 19.8 Å². The molecule has 0 spiro atoms. The van der Waals surface area contributed by atoms with Gasteiger partial charge in [0, 0.05) is 19.4 Å². The molecule has 0 aliphatic carbocycles. The van der Waals surface area contributed by atoms with E-state index >= 15 is 0 Å². The second-order valence-electron chi connectivity index (χ2n) is 18.1. The fourth-order valence-corrected chi connectivity index (χ4v) is 8.43. The van der Waals surface area contributed by atoms with Crippen LogP contribution in [-0.4, -0.2) is 49.3 Å². The predicted molar refractivity (Wildman–Crippen MR) is 279 cm³/mol. The molecule has 0 fully saturated rings. The van der Waals surface area contributed by atoms with Crippen LogP contribution in [0.5, 0.6) is 0 Å². The number of ether oxygens (including phenoxy) is 2. The third kappa shape index (κ3) is 51.1. The third-order valence-electron chi connectivity index (χ3n) is 11.7. The van der Waals surface area contributed by atoms with Crippen LogP contribution in [0.3, 0.4) is 0 Å². The van der Waals surface area contributed by atoms with Gasteiger partial charge in [0.15, 0.2) is 6.10 Å². The van der Waals surface area contributed by atoms with Crippen molar-refractivity contribution in [1.29, 1.82) is 0 Å². The number of rotatable bonds is 51. The Morgan fingerprint density at radius 1 is 0.470 bits per heavy atom. The summed E-state index contributed by atoms with van der Waals surface area (Å²) in [6, 6.07) is 0. The summed E-state index contributed by atoms with van der Waals surface area (Å²) in [6.07, 6.45) is 64.1. The Hall–Kier alpha value is -2.29.